The topological polar surface area (TPSA) is 69.9 Å². The number of carbonyl (C=O) groups is 1. The molecule has 0 saturated heterocycles. The third kappa shape index (κ3) is 2.11. The molecular formula is C10H14N4O2S. The number of carbonyl (C=O) groups excluding carboxylic acids is 1. The van der Waals surface area contributed by atoms with Crippen LogP contribution in [0.1, 0.15) is 5.69 Å². The number of likely N-dealkylation sites (N-methyl/N-ethyl adjacent to an activating group) is 2. The first kappa shape index (κ1) is 11.9. The van der Waals surface area contributed by atoms with E-state index in [4.69, 9.17) is 0 Å². The lowest BCUT2D eigenvalue weighted by atomic mass is 10.4. The van der Waals surface area contributed by atoms with Gasteiger partial charge in [0, 0.05) is 25.7 Å². The zero-order valence-electron chi connectivity index (χ0n) is 9.67. The first-order valence-corrected chi connectivity index (χ1v) is 6.02. The van der Waals surface area contributed by atoms with Gasteiger partial charge in [-0.3, -0.25) is 9.20 Å². The summed E-state index contributed by atoms with van der Waals surface area (Å²) in [4.78, 5) is 18.2. The van der Waals surface area contributed by atoms with Crippen molar-refractivity contribution in [1.29, 1.82) is 0 Å². The Kier molecular flexibility index (Phi) is 3.30. The van der Waals surface area contributed by atoms with Crippen LogP contribution in [-0.2, 0) is 11.4 Å². The molecule has 0 aliphatic heterocycles. The summed E-state index contributed by atoms with van der Waals surface area (Å²) in [6, 6.07) is 0. The van der Waals surface area contributed by atoms with Gasteiger partial charge in [-0.25, -0.2) is 4.98 Å². The van der Waals surface area contributed by atoms with Crippen molar-refractivity contribution in [1.82, 2.24) is 14.7 Å². The van der Waals surface area contributed by atoms with Crippen molar-refractivity contribution in [3.05, 3.63) is 17.3 Å². The second-order valence-electron chi connectivity index (χ2n) is 3.63. The SMILES string of the molecule is CNC(=O)CN(C)c1nc2sccn2c1CO. The van der Waals surface area contributed by atoms with Gasteiger partial charge in [0.15, 0.2) is 10.8 Å². The maximum Gasteiger partial charge on any atom is 0.239 e. The minimum absolute atomic E-state index is 0.0901. The number of imidazole rings is 1. The number of aliphatic hydroxyl groups excluding tert-OH is 1. The van der Waals surface area contributed by atoms with Gasteiger partial charge >= 0.3 is 0 Å². The average Bonchev–Trinajstić information content (AvgIpc) is 2.87. The Morgan fingerprint density at radius 2 is 2.47 bits per heavy atom. The number of hydrogen-bond donors (Lipinski definition) is 2. The maximum atomic E-state index is 11.3. The highest BCUT2D eigenvalue weighted by atomic mass is 32.1. The molecule has 1 amide bonds. The fourth-order valence-electron chi connectivity index (χ4n) is 1.64. The van der Waals surface area contributed by atoms with E-state index >= 15 is 0 Å². The van der Waals surface area contributed by atoms with E-state index < -0.39 is 0 Å². The number of thiazole rings is 1. The van der Waals surface area contributed by atoms with E-state index in [1.807, 2.05) is 16.0 Å². The van der Waals surface area contributed by atoms with Crippen LogP contribution in [0.3, 0.4) is 0 Å². The third-order valence-electron chi connectivity index (χ3n) is 2.51. The molecule has 0 aliphatic rings. The summed E-state index contributed by atoms with van der Waals surface area (Å²) < 4.78 is 1.83. The minimum atomic E-state index is -0.106. The zero-order valence-corrected chi connectivity index (χ0v) is 10.5. The lowest BCUT2D eigenvalue weighted by molar-refractivity contribution is -0.119. The van der Waals surface area contributed by atoms with E-state index in [0.29, 0.717) is 11.5 Å². The van der Waals surface area contributed by atoms with Gasteiger partial charge in [-0.2, -0.15) is 0 Å². The molecule has 7 heteroatoms. The van der Waals surface area contributed by atoms with Gasteiger partial charge in [-0.05, 0) is 0 Å². The molecule has 0 unspecified atom stereocenters. The molecule has 0 aromatic carbocycles. The van der Waals surface area contributed by atoms with E-state index in [1.165, 1.54) is 11.3 Å². The lowest BCUT2D eigenvalue weighted by Gasteiger charge is -2.16. The molecular weight excluding hydrogens is 240 g/mol. The van der Waals surface area contributed by atoms with Crippen molar-refractivity contribution in [3.63, 3.8) is 0 Å². The number of hydrogen-bond acceptors (Lipinski definition) is 5. The maximum absolute atomic E-state index is 11.3. The Bertz CT molecular complexity index is 533. The molecule has 0 aliphatic carbocycles. The molecule has 2 aromatic heterocycles. The van der Waals surface area contributed by atoms with E-state index in [0.717, 1.165) is 4.96 Å². The first-order chi connectivity index (χ1) is 8.17. The Morgan fingerprint density at radius 3 is 3.12 bits per heavy atom. The molecule has 2 heterocycles. The number of amides is 1. The number of rotatable bonds is 4. The molecule has 0 atom stereocenters. The van der Waals surface area contributed by atoms with Gasteiger partial charge in [-0.1, -0.05) is 0 Å². The highest BCUT2D eigenvalue weighted by Gasteiger charge is 2.17. The minimum Gasteiger partial charge on any atom is -0.390 e. The largest absolute Gasteiger partial charge is 0.390 e. The van der Waals surface area contributed by atoms with Gasteiger partial charge in [-0.15, -0.1) is 11.3 Å². The fraction of sp³-hybridized carbons (Fsp3) is 0.400. The second-order valence-corrected chi connectivity index (χ2v) is 4.50. The number of nitrogens with zero attached hydrogens (tertiary/aromatic N) is 3. The summed E-state index contributed by atoms with van der Waals surface area (Å²) in [6.45, 7) is 0.111. The van der Waals surface area contributed by atoms with Crippen molar-refractivity contribution >= 4 is 28.0 Å². The van der Waals surface area contributed by atoms with Crippen LogP contribution in [0, 0.1) is 0 Å². The molecule has 6 nitrogen and oxygen atoms in total. The molecule has 0 radical (unpaired) electrons. The van der Waals surface area contributed by atoms with Crippen molar-refractivity contribution in [2.45, 2.75) is 6.61 Å². The molecule has 2 N–H and O–H groups in total. The molecule has 0 saturated carbocycles. The van der Waals surface area contributed by atoms with Crippen molar-refractivity contribution in [2.75, 3.05) is 25.5 Å². The summed E-state index contributed by atoms with van der Waals surface area (Å²) >= 11 is 1.49. The van der Waals surface area contributed by atoms with E-state index in [2.05, 4.69) is 10.3 Å². The van der Waals surface area contributed by atoms with E-state index in [1.54, 1.807) is 19.0 Å². The average molecular weight is 254 g/mol. The second kappa shape index (κ2) is 4.72. The number of anilines is 1. The highest BCUT2D eigenvalue weighted by Crippen LogP contribution is 2.23. The third-order valence-corrected chi connectivity index (χ3v) is 3.27. The Labute approximate surface area is 102 Å². The van der Waals surface area contributed by atoms with Crippen LogP contribution in [0.15, 0.2) is 11.6 Å². The number of fused-ring (bicyclic) bond motifs is 1. The van der Waals surface area contributed by atoms with Crippen molar-refractivity contribution < 1.29 is 9.90 Å². The highest BCUT2D eigenvalue weighted by molar-refractivity contribution is 7.15. The number of aliphatic hydroxyl groups is 1. The molecule has 92 valence electrons. The standard InChI is InChI=1S/C10H14N4O2S/c1-11-8(16)5-13(2)9-7(6-15)14-3-4-17-10(14)12-9/h3-4,15H,5-6H2,1-2H3,(H,11,16). The van der Waals surface area contributed by atoms with E-state index in [9.17, 15) is 9.90 Å². The monoisotopic (exact) mass is 254 g/mol. The molecule has 2 rings (SSSR count). The van der Waals surface area contributed by atoms with Gasteiger partial charge in [0.1, 0.15) is 0 Å². The Balaban J connectivity index is 2.33. The van der Waals surface area contributed by atoms with Crippen LogP contribution in [0.25, 0.3) is 4.96 Å². The molecule has 0 spiro atoms. The summed E-state index contributed by atoms with van der Waals surface area (Å²) in [5.41, 5.74) is 0.702. The van der Waals surface area contributed by atoms with Gasteiger partial charge in [0.2, 0.25) is 5.91 Å². The van der Waals surface area contributed by atoms with Gasteiger partial charge in [0.25, 0.3) is 0 Å². The predicted molar refractivity (Wildman–Crippen MR) is 66.3 cm³/mol. The zero-order chi connectivity index (χ0) is 12.4. The number of aromatic nitrogens is 2. The van der Waals surface area contributed by atoms with Crippen molar-refractivity contribution in [2.24, 2.45) is 0 Å². The molecule has 0 fully saturated rings. The van der Waals surface area contributed by atoms with Crippen molar-refractivity contribution in [3.8, 4) is 0 Å². The van der Waals surface area contributed by atoms with Crippen LogP contribution in [0.2, 0.25) is 0 Å². The van der Waals surface area contributed by atoms with E-state index in [-0.39, 0.29) is 19.1 Å². The van der Waals surface area contributed by atoms with Gasteiger partial charge < -0.3 is 15.3 Å². The quantitative estimate of drug-likeness (QED) is 0.810. The van der Waals surface area contributed by atoms with Crippen LogP contribution >= 0.6 is 11.3 Å². The van der Waals surface area contributed by atoms with Crippen LogP contribution in [0.4, 0.5) is 5.82 Å². The summed E-state index contributed by atoms with van der Waals surface area (Å²) in [6.07, 6.45) is 1.86. The first-order valence-electron chi connectivity index (χ1n) is 5.14. The summed E-state index contributed by atoms with van der Waals surface area (Å²) in [5, 5.41) is 13.8. The van der Waals surface area contributed by atoms with Crippen LogP contribution < -0.4 is 10.2 Å². The normalized spacial score (nSPS) is 10.8. The Morgan fingerprint density at radius 1 is 1.71 bits per heavy atom. The molecule has 0 bridgehead atoms. The van der Waals surface area contributed by atoms with Crippen LogP contribution in [-0.4, -0.2) is 41.0 Å². The summed E-state index contributed by atoms with van der Waals surface area (Å²) in [5.74, 6) is 0.552. The van der Waals surface area contributed by atoms with Crippen LogP contribution in [0.5, 0.6) is 0 Å². The molecule has 2 aromatic rings. The lowest BCUT2D eigenvalue weighted by Crippen LogP contribution is -2.33. The Hall–Kier alpha value is -1.60. The summed E-state index contributed by atoms with van der Waals surface area (Å²) in [7, 11) is 3.37. The number of nitrogens with one attached hydrogen (secondary N) is 1. The van der Waals surface area contributed by atoms with Gasteiger partial charge in [0.05, 0.1) is 18.8 Å². The smallest absolute Gasteiger partial charge is 0.239 e. The molecule has 17 heavy (non-hydrogen) atoms. The predicted octanol–water partition coefficient (Wildman–Crippen LogP) is 0.0703. The fourth-order valence-corrected chi connectivity index (χ4v) is 2.37.